The molecule has 0 bridgehead atoms. The smallest absolute Gasteiger partial charge is 0.344 e. The molecule has 2 aromatic carbocycles. The first-order chi connectivity index (χ1) is 12.2. The number of hydrogen-bond donors (Lipinski definition) is 0. The van der Waals surface area contributed by atoms with Crippen molar-refractivity contribution < 1.29 is 19.1 Å². The molecule has 130 valence electrons. The van der Waals surface area contributed by atoms with Crippen LogP contribution < -0.4 is 9.64 Å². The Hall–Kier alpha value is -2.82. The van der Waals surface area contributed by atoms with Gasteiger partial charge in [0.1, 0.15) is 5.75 Å². The predicted molar refractivity (Wildman–Crippen MR) is 94.8 cm³/mol. The maximum absolute atomic E-state index is 12.3. The van der Waals surface area contributed by atoms with Crippen molar-refractivity contribution in [1.82, 2.24) is 0 Å². The van der Waals surface area contributed by atoms with Crippen LogP contribution in [0.3, 0.4) is 0 Å². The summed E-state index contributed by atoms with van der Waals surface area (Å²) < 4.78 is 10.4. The molecule has 0 aromatic heterocycles. The summed E-state index contributed by atoms with van der Waals surface area (Å²) in [6.07, 6.45) is 1.77. The fourth-order valence-corrected chi connectivity index (χ4v) is 2.82. The number of carbonyl (C=O) groups excluding carboxylic acids is 2. The van der Waals surface area contributed by atoms with Gasteiger partial charge in [0.15, 0.2) is 13.2 Å². The molecule has 1 amide bonds. The van der Waals surface area contributed by atoms with E-state index in [9.17, 15) is 9.59 Å². The third-order valence-corrected chi connectivity index (χ3v) is 4.23. The van der Waals surface area contributed by atoms with Gasteiger partial charge in [0.05, 0.1) is 0 Å². The Bertz CT molecular complexity index is 755. The predicted octanol–water partition coefficient (Wildman–Crippen LogP) is 2.76. The SMILES string of the molecule is CCc1ccc(OCC(=O)OCC(=O)N2CCc3ccccc32)cc1. The summed E-state index contributed by atoms with van der Waals surface area (Å²) in [5.74, 6) is -0.167. The highest BCUT2D eigenvalue weighted by Gasteiger charge is 2.24. The van der Waals surface area contributed by atoms with Crippen molar-refractivity contribution in [1.29, 1.82) is 0 Å². The maximum atomic E-state index is 12.3. The van der Waals surface area contributed by atoms with Crippen molar-refractivity contribution in [2.24, 2.45) is 0 Å². The van der Waals surface area contributed by atoms with Gasteiger partial charge in [-0.1, -0.05) is 37.3 Å². The van der Waals surface area contributed by atoms with Gasteiger partial charge in [-0.15, -0.1) is 0 Å². The van der Waals surface area contributed by atoms with E-state index in [2.05, 4.69) is 6.92 Å². The Morgan fingerprint density at radius 3 is 2.56 bits per heavy atom. The molecule has 2 aromatic rings. The molecule has 3 rings (SSSR count). The quantitative estimate of drug-likeness (QED) is 0.760. The van der Waals surface area contributed by atoms with Crippen LogP contribution >= 0.6 is 0 Å². The van der Waals surface area contributed by atoms with Crippen molar-refractivity contribution in [2.45, 2.75) is 19.8 Å². The second-order valence-electron chi connectivity index (χ2n) is 5.87. The van der Waals surface area contributed by atoms with Crippen molar-refractivity contribution in [3.8, 4) is 5.75 Å². The van der Waals surface area contributed by atoms with Gasteiger partial charge in [0.2, 0.25) is 0 Å². The van der Waals surface area contributed by atoms with Gasteiger partial charge in [-0.2, -0.15) is 0 Å². The molecule has 1 aliphatic heterocycles. The first kappa shape index (κ1) is 17.0. The number of aryl methyl sites for hydroxylation is 1. The Labute approximate surface area is 147 Å². The molecule has 0 saturated heterocycles. The van der Waals surface area contributed by atoms with E-state index in [1.54, 1.807) is 4.90 Å². The van der Waals surface area contributed by atoms with E-state index in [0.29, 0.717) is 12.3 Å². The van der Waals surface area contributed by atoms with Crippen LogP contribution in [0.5, 0.6) is 5.75 Å². The lowest BCUT2D eigenvalue weighted by molar-refractivity contribution is -0.149. The number of rotatable bonds is 6. The Morgan fingerprint density at radius 1 is 1.04 bits per heavy atom. The van der Waals surface area contributed by atoms with Crippen LogP contribution in [0.4, 0.5) is 5.69 Å². The summed E-state index contributed by atoms with van der Waals surface area (Å²) >= 11 is 0. The highest BCUT2D eigenvalue weighted by atomic mass is 16.6. The molecular weight excluding hydrogens is 318 g/mol. The minimum atomic E-state index is -0.555. The van der Waals surface area contributed by atoms with Gasteiger partial charge >= 0.3 is 5.97 Å². The summed E-state index contributed by atoms with van der Waals surface area (Å²) in [5, 5.41) is 0. The van der Waals surface area contributed by atoms with E-state index >= 15 is 0 Å². The average molecular weight is 339 g/mol. The van der Waals surface area contributed by atoms with Gasteiger partial charge in [0.25, 0.3) is 5.91 Å². The molecule has 0 aliphatic carbocycles. The molecule has 0 atom stereocenters. The number of fused-ring (bicyclic) bond motifs is 1. The molecular formula is C20H21NO4. The van der Waals surface area contributed by atoms with Crippen LogP contribution in [0.15, 0.2) is 48.5 Å². The minimum Gasteiger partial charge on any atom is -0.482 e. The number of para-hydroxylation sites is 1. The standard InChI is InChI=1S/C20H21NO4/c1-2-15-7-9-17(10-8-15)24-14-20(23)25-13-19(22)21-12-11-16-5-3-4-6-18(16)21/h3-10H,2,11-14H2,1H3. The van der Waals surface area contributed by atoms with Gasteiger partial charge in [0, 0.05) is 12.2 Å². The third-order valence-electron chi connectivity index (χ3n) is 4.23. The van der Waals surface area contributed by atoms with Crippen LogP contribution in [0.1, 0.15) is 18.1 Å². The van der Waals surface area contributed by atoms with E-state index in [1.165, 1.54) is 5.56 Å². The summed E-state index contributed by atoms with van der Waals surface area (Å²) in [5.41, 5.74) is 3.24. The van der Waals surface area contributed by atoms with E-state index in [0.717, 1.165) is 24.1 Å². The number of anilines is 1. The lowest BCUT2D eigenvalue weighted by Crippen LogP contribution is -2.33. The normalized spacial score (nSPS) is 12.6. The third kappa shape index (κ3) is 4.18. The van der Waals surface area contributed by atoms with Gasteiger partial charge < -0.3 is 14.4 Å². The van der Waals surface area contributed by atoms with Crippen molar-refractivity contribution in [3.05, 3.63) is 59.7 Å². The van der Waals surface area contributed by atoms with Crippen molar-refractivity contribution in [2.75, 3.05) is 24.7 Å². The van der Waals surface area contributed by atoms with Gasteiger partial charge in [-0.05, 0) is 42.2 Å². The van der Waals surface area contributed by atoms with Gasteiger partial charge in [-0.25, -0.2) is 4.79 Å². The zero-order valence-electron chi connectivity index (χ0n) is 14.2. The summed E-state index contributed by atoms with van der Waals surface area (Å²) in [6, 6.07) is 15.3. The molecule has 0 fully saturated rings. The van der Waals surface area contributed by atoms with Crippen LogP contribution in [-0.4, -0.2) is 31.6 Å². The minimum absolute atomic E-state index is 0.213. The van der Waals surface area contributed by atoms with Crippen LogP contribution in [-0.2, 0) is 27.2 Å². The number of amides is 1. The monoisotopic (exact) mass is 339 g/mol. The zero-order chi connectivity index (χ0) is 17.6. The number of ether oxygens (including phenoxy) is 2. The van der Waals surface area contributed by atoms with E-state index in [-0.39, 0.29) is 19.1 Å². The molecule has 5 nitrogen and oxygen atoms in total. The van der Waals surface area contributed by atoms with Crippen molar-refractivity contribution in [3.63, 3.8) is 0 Å². The van der Waals surface area contributed by atoms with Crippen LogP contribution in [0.25, 0.3) is 0 Å². The lowest BCUT2D eigenvalue weighted by Gasteiger charge is -2.17. The van der Waals surface area contributed by atoms with Crippen LogP contribution in [0.2, 0.25) is 0 Å². The summed E-state index contributed by atoms with van der Waals surface area (Å²) in [7, 11) is 0. The molecule has 1 heterocycles. The second kappa shape index (κ2) is 7.83. The fourth-order valence-electron chi connectivity index (χ4n) is 2.82. The lowest BCUT2D eigenvalue weighted by atomic mass is 10.2. The highest BCUT2D eigenvalue weighted by molar-refractivity contribution is 5.97. The number of esters is 1. The Morgan fingerprint density at radius 2 is 1.80 bits per heavy atom. The van der Waals surface area contributed by atoms with E-state index in [4.69, 9.17) is 9.47 Å². The molecule has 0 radical (unpaired) electrons. The molecule has 0 saturated carbocycles. The number of hydrogen-bond acceptors (Lipinski definition) is 4. The van der Waals surface area contributed by atoms with Crippen molar-refractivity contribution >= 4 is 17.6 Å². The number of carbonyl (C=O) groups is 2. The summed E-state index contributed by atoms with van der Waals surface area (Å²) in [4.78, 5) is 25.7. The largest absolute Gasteiger partial charge is 0.482 e. The molecule has 0 spiro atoms. The topological polar surface area (TPSA) is 55.8 Å². The zero-order valence-corrected chi connectivity index (χ0v) is 14.2. The highest BCUT2D eigenvalue weighted by Crippen LogP contribution is 2.27. The number of benzene rings is 2. The molecule has 0 unspecified atom stereocenters. The first-order valence-corrected chi connectivity index (χ1v) is 8.43. The average Bonchev–Trinajstić information content (AvgIpc) is 3.09. The number of nitrogens with zero attached hydrogens (tertiary/aromatic N) is 1. The Kier molecular flexibility index (Phi) is 5.33. The van der Waals surface area contributed by atoms with Crippen LogP contribution in [0, 0.1) is 0 Å². The molecule has 1 aliphatic rings. The molecule has 5 heteroatoms. The summed E-state index contributed by atoms with van der Waals surface area (Å²) in [6.45, 7) is 2.21. The van der Waals surface area contributed by atoms with Gasteiger partial charge in [-0.3, -0.25) is 4.79 Å². The molecule has 0 N–H and O–H groups in total. The van der Waals surface area contributed by atoms with E-state index < -0.39 is 5.97 Å². The Balaban J connectivity index is 1.45. The second-order valence-corrected chi connectivity index (χ2v) is 5.87. The van der Waals surface area contributed by atoms with E-state index in [1.807, 2.05) is 48.5 Å². The maximum Gasteiger partial charge on any atom is 0.344 e. The first-order valence-electron chi connectivity index (χ1n) is 8.43. The fraction of sp³-hybridized carbons (Fsp3) is 0.300. The molecule has 25 heavy (non-hydrogen) atoms.